The Labute approximate surface area is 75.1 Å². The highest BCUT2D eigenvalue weighted by molar-refractivity contribution is 4.43. The van der Waals surface area contributed by atoms with Crippen molar-refractivity contribution < 1.29 is 9.84 Å². The number of hydrogen-bond donors (Lipinski definition) is 2. The molecule has 0 unspecified atom stereocenters. The van der Waals surface area contributed by atoms with Crippen LogP contribution in [0.5, 0.6) is 0 Å². The number of nitrogens with one attached hydrogen (secondary N) is 1. The number of rotatable bonds is 9. The van der Waals surface area contributed by atoms with Crippen molar-refractivity contribution in [3.63, 3.8) is 0 Å². The average molecular weight is 175 g/mol. The molecule has 0 aliphatic rings. The number of unbranched alkanes of at least 4 members (excludes halogenated alkanes) is 1. The fourth-order valence-electron chi connectivity index (χ4n) is 0.864. The minimum atomic E-state index is 0.275. The summed E-state index contributed by atoms with van der Waals surface area (Å²) in [4.78, 5) is 0. The topological polar surface area (TPSA) is 41.5 Å². The van der Waals surface area contributed by atoms with Crippen molar-refractivity contribution in [3.8, 4) is 0 Å². The van der Waals surface area contributed by atoms with Crippen LogP contribution in [0, 0.1) is 0 Å². The fraction of sp³-hybridized carbons (Fsp3) is 1.00. The standard InChI is InChI=1S/C9H21NO2/c1-2-5-10-6-9-12-8-4-3-7-11/h10-11H,2-9H2,1H3. The molecule has 0 heterocycles. The summed E-state index contributed by atoms with van der Waals surface area (Å²) in [6, 6.07) is 0. The predicted molar refractivity (Wildman–Crippen MR) is 50.3 cm³/mol. The molecule has 0 fully saturated rings. The first-order chi connectivity index (χ1) is 5.91. The van der Waals surface area contributed by atoms with Crippen LogP contribution < -0.4 is 5.32 Å². The van der Waals surface area contributed by atoms with Gasteiger partial charge in [0.1, 0.15) is 0 Å². The zero-order valence-corrected chi connectivity index (χ0v) is 8.01. The molecule has 0 aliphatic heterocycles. The van der Waals surface area contributed by atoms with Gasteiger partial charge in [-0.05, 0) is 25.8 Å². The van der Waals surface area contributed by atoms with E-state index in [9.17, 15) is 0 Å². The van der Waals surface area contributed by atoms with Crippen LogP contribution in [0.3, 0.4) is 0 Å². The molecule has 12 heavy (non-hydrogen) atoms. The Bertz CT molecular complexity index is 68.9. The second-order valence-electron chi connectivity index (χ2n) is 2.79. The first kappa shape index (κ1) is 11.9. The Morgan fingerprint density at radius 3 is 2.67 bits per heavy atom. The maximum atomic E-state index is 8.47. The minimum Gasteiger partial charge on any atom is -0.396 e. The van der Waals surface area contributed by atoms with Crippen molar-refractivity contribution in [2.75, 3.05) is 32.9 Å². The van der Waals surface area contributed by atoms with E-state index in [0.29, 0.717) is 0 Å². The zero-order chi connectivity index (χ0) is 9.07. The largest absolute Gasteiger partial charge is 0.396 e. The summed E-state index contributed by atoms with van der Waals surface area (Å²) in [5.74, 6) is 0. The van der Waals surface area contributed by atoms with Crippen molar-refractivity contribution in [1.82, 2.24) is 5.32 Å². The van der Waals surface area contributed by atoms with Gasteiger partial charge in [-0.1, -0.05) is 6.92 Å². The summed E-state index contributed by atoms with van der Waals surface area (Å²) in [7, 11) is 0. The molecule has 0 aliphatic carbocycles. The average Bonchev–Trinajstić information content (AvgIpc) is 2.10. The highest BCUT2D eigenvalue weighted by Crippen LogP contribution is 1.87. The molecule has 0 spiro atoms. The molecule has 0 amide bonds. The molecule has 3 nitrogen and oxygen atoms in total. The molecular formula is C9H21NO2. The quantitative estimate of drug-likeness (QED) is 0.509. The van der Waals surface area contributed by atoms with E-state index in [1.807, 2.05) is 0 Å². The summed E-state index contributed by atoms with van der Waals surface area (Å²) >= 11 is 0. The van der Waals surface area contributed by atoms with Crippen LogP contribution in [0.25, 0.3) is 0 Å². The van der Waals surface area contributed by atoms with E-state index in [4.69, 9.17) is 9.84 Å². The lowest BCUT2D eigenvalue weighted by Crippen LogP contribution is -2.20. The van der Waals surface area contributed by atoms with Crippen LogP contribution in [-0.2, 0) is 4.74 Å². The number of hydrogen-bond acceptors (Lipinski definition) is 3. The lowest BCUT2D eigenvalue weighted by atomic mass is 10.3. The SMILES string of the molecule is CCCNCCOCCCCO. The normalized spacial score (nSPS) is 10.5. The maximum absolute atomic E-state index is 8.47. The number of aliphatic hydroxyl groups is 1. The highest BCUT2D eigenvalue weighted by atomic mass is 16.5. The third-order valence-corrected chi connectivity index (χ3v) is 1.55. The van der Waals surface area contributed by atoms with Gasteiger partial charge in [0.2, 0.25) is 0 Å². The van der Waals surface area contributed by atoms with E-state index >= 15 is 0 Å². The first-order valence-corrected chi connectivity index (χ1v) is 4.81. The molecule has 74 valence electrons. The molecule has 0 aromatic carbocycles. The van der Waals surface area contributed by atoms with Gasteiger partial charge in [-0.25, -0.2) is 0 Å². The van der Waals surface area contributed by atoms with Crippen molar-refractivity contribution in [1.29, 1.82) is 0 Å². The van der Waals surface area contributed by atoms with Crippen molar-refractivity contribution in [2.24, 2.45) is 0 Å². The second kappa shape index (κ2) is 10.9. The third-order valence-electron chi connectivity index (χ3n) is 1.55. The van der Waals surface area contributed by atoms with Gasteiger partial charge in [0.05, 0.1) is 6.61 Å². The molecule has 0 atom stereocenters. The third kappa shape index (κ3) is 9.88. The molecule has 0 aromatic heterocycles. The summed E-state index contributed by atoms with van der Waals surface area (Å²) in [6.07, 6.45) is 2.98. The van der Waals surface area contributed by atoms with Gasteiger partial charge in [0, 0.05) is 19.8 Å². The summed E-state index contributed by atoms with van der Waals surface area (Å²) in [5.41, 5.74) is 0. The molecule has 2 N–H and O–H groups in total. The van der Waals surface area contributed by atoms with E-state index in [1.54, 1.807) is 0 Å². The Hall–Kier alpha value is -0.120. The smallest absolute Gasteiger partial charge is 0.0590 e. The van der Waals surface area contributed by atoms with E-state index in [-0.39, 0.29) is 6.61 Å². The lowest BCUT2D eigenvalue weighted by Gasteiger charge is -2.04. The first-order valence-electron chi connectivity index (χ1n) is 4.81. The maximum Gasteiger partial charge on any atom is 0.0590 e. The molecule has 0 saturated carbocycles. The van der Waals surface area contributed by atoms with Crippen LogP contribution >= 0.6 is 0 Å². The summed E-state index contributed by atoms with van der Waals surface area (Å²) in [5, 5.41) is 11.7. The molecule has 0 rings (SSSR count). The van der Waals surface area contributed by atoms with Gasteiger partial charge in [-0.3, -0.25) is 0 Å². The van der Waals surface area contributed by atoms with Crippen molar-refractivity contribution >= 4 is 0 Å². The van der Waals surface area contributed by atoms with E-state index < -0.39 is 0 Å². The fourth-order valence-corrected chi connectivity index (χ4v) is 0.864. The van der Waals surface area contributed by atoms with E-state index in [1.165, 1.54) is 6.42 Å². The Morgan fingerprint density at radius 2 is 2.00 bits per heavy atom. The van der Waals surface area contributed by atoms with Gasteiger partial charge in [0.15, 0.2) is 0 Å². The Morgan fingerprint density at radius 1 is 1.17 bits per heavy atom. The minimum absolute atomic E-state index is 0.275. The Balaban J connectivity index is 2.73. The molecule has 0 saturated heterocycles. The van der Waals surface area contributed by atoms with Crippen molar-refractivity contribution in [3.05, 3.63) is 0 Å². The van der Waals surface area contributed by atoms with E-state index in [0.717, 1.165) is 39.1 Å². The molecule has 3 heteroatoms. The van der Waals surface area contributed by atoms with Gasteiger partial charge in [-0.15, -0.1) is 0 Å². The van der Waals surface area contributed by atoms with Crippen LogP contribution in [0.1, 0.15) is 26.2 Å². The van der Waals surface area contributed by atoms with Crippen molar-refractivity contribution in [2.45, 2.75) is 26.2 Å². The van der Waals surface area contributed by atoms with E-state index in [2.05, 4.69) is 12.2 Å². The van der Waals surface area contributed by atoms with Crippen LogP contribution in [-0.4, -0.2) is 38.0 Å². The highest BCUT2D eigenvalue weighted by Gasteiger charge is 1.88. The van der Waals surface area contributed by atoms with Gasteiger partial charge in [-0.2, -0.15) is 0 Å². The number of ether oxygens (including phenoxy) is 1. The summed E-state index contributed by atoms with van der Waals surface area (Å²) < 4.78 is 5.31. The van der Waals surface area contributed by atoms with Gasteiger partial charge in [0.25, 0.3) is 0 Å². The summed E-state index contributed by atoms with van der Waals surface area (Å²) in [6.45, 7) is 5.99. The Kier molecular flexibility index (Phi) is 10.8. The molecular weight excluding hydrogens is 154 g/mol. The van der Waals surface area contributed by atoms with Gasteiger partial charge < -0.3 is 15.2 Å². The second-order valence-corrected chi connectivity index (χ2v) is 2.79. The molecule has 0 radical (unpaired) electrons. The predicted octanol–water partition coefficient (Wildman–Crippen LogP) is 0.775. The van der Waals surface area contributed by atoms with Gasteiger partial charge >= 0.3 is 0 Å². The monoisotopic (exact) mass is 175 g/mol. The zero-order valence-electron chi connectivity index (χ0n) is 8.01. The number of aliphatic hydroxyl groups excluding tert-OH is 1. The lowest BCUT2D eigenvalue weighted by molar-refractivity contribution is 0.127. The molecule has 0 bridgehead atoms. The molecule has 0 aromatic rings. The van der Waals surface area contributed by atoms with Crippen LogP contribution in [0.15, 0.2) is 0 Å². The van der Waals surface area contributed by atoms with Crippen LogP contribution in [0.2, 0.25) is 0 Å². The van der Waals surface area contributed by atoms with Crippen LogP contribution in [0.4, 0.5) is 0 Å².